The molecule has 0 amide bonds. The molecule has 2 atom stereocenters. The third-order valence-electron chi connectivity index (χ3n) is 2.64. The zero-order valence-electron chi connectivity index (χ0n) is 9.64. The van der Waals surface area contributed by atoms with Gasteiger partial charge in [0.05, 0.1) is 6.10 Å². The number of rotatable bonds is 5. The number of phenolic OH excluding ortho intramolecular Hbond substituents is 1. The summed E-state index contributed by atoms with van der Waals surface area (Å²) in [4.78, 5) is 0. The van der Waals surface area contributed by atoms with Gasteiger partial charge in [0.1, 0.15) is 11.9 Å². The molecule has 4 nitrogen and oxygen atoms in total. The van der Waals surface area contributed by atoms with E-state index in [-0.39, 0.29) is 5.75 Å². The van der Waals surface area contributed by atoms with Gasteiger partial charge in [-0.1, -0.05) is 6.07 Å². The number of aliphatic hydroxyl groups excluding tert-OH is 2. The zero-order chi connectivity index (χ0) is 12.1. The van der Waals surface area contributed by atoms with Crippen LogP contribution in [0.25, 0.3) is 0 Å². The molecular weight excluding hydrogens is 206 g/mol. The van der Waals surface area contributed by atoms with Gasteiger partial charge in [-0.15, -0.1) is 0 Å². The van der Waals surface area contributed by atoms with Crippen LogP contribution in [0.3, 0.4) is 0 Å². The number of phenols is 1. The SMILES string of the molecule is CNCCC(O)C(O)c1cc(O)ccc1C. The van der Waals surface area contributed by atoms with Crippen LogP contribution >= 0.6 is 0 Å². The number of aryl methyl sites for hydroxylation is 1. The first-order chi connectivity index (χ1) is 7.56. The van der Waals surface area contributed by atoms with Crippen molar-refractivity contribution in [1.29, 1.82) is 0 Å². The number of nitrogens with one attached hydrogen (secondary N) is 1. The maximum Gasteiger partial charge on any atom is 0.115 e. The maximum atomic E-state index is 9.93. The van der Waals surface area contributed by atoms with Crippen LogP contribution in [-0.2, 0) is 0 Å². The van der Waals surface area contributed by atoms with E-state index in [2.05, 4.69) is 5.32 Å². The summed E-state index contributed by atoms with van der Waals surface area (Å²) in [5.74, 6) is 0.0977. The van der Waals surface area contributed by atoms with Gasteiger partial charge in [0, 0.05) is 0 Å². The van der Waals surface area contributed by atoms with Crippen molar-refractivity contribution in [3.63, 3.8) is 0 Å². The van der Waals surface area contributed by atoms with Gasteiger partial charge >= 0.3 is 0 Å². The van der Waals surface area contributed by atoms with E-state index in [0.717, 1.165) is 5.56 Å². The van der Waals surface area contributed by atoms with Gasteiger partial charge in [-0.2, -0.15) is 0 Å². The van der Waals surface area contributed by atoms with Gasteiger partial charge in [0.15, 0.2) is 0 Å². The lowest BCUT2D eigenvalue weighted by molar-refractivity contribution is 0.0136. The molecule has 1 rings (SSSR count). The molecule has 0 aliphatic carbocycles. The van der Waals surface area contributed by atoms with Crippen molar-refractivity contribution >= 4 is 0 Å². The number of benzene rings is 1. The Morgan fingerprint density at radius 3 is 2.62 bits per heavy atom. The second-order valence-corrected chi connectivity index (χ2v) is 3.95. The first kappa shape index (κ1) is 13.0. The number of aliphatic hydroxyl groups is 2. The van der Waals surface area contributed by atoms with E-state index >= 15 is 0 Å². The number of aromatic hydroxyl groups is 1. The molecule has 0 bridgehead atoms. The van der Waals surface area contributed by atoms with Crippen LogP contribution in [0.4, 0.5) is 0 Å². The fraction of sp³-hybridized carbons (Fsp3) is 0.500. The van der Waals surface area contributed by atoms with E-state index in [9.17, 15) is 15.3 Å². The number of hydrogen-bond donors (Lipinski definition) is 4. The molecule has 0 saturated heterocycles. The third-order valence-corrected chi connectivity index (χ3v) is 2.64. The van der Waals surface area contributed by atoms with Crippen LogP contribution in [0, 0.1) is 6.92 Å². The van der Waals surface area contributed by atoms with Crippen molar-refractivity contribution in [1.82, 2.24) is 5.32 Å². The van der Waals surface area contributed by atoms with Gasteiger partial charge in [-0.05, 0) is 50.2 Å². The summed E-state index contributed by atoms with van der Waals surface area (Å²) >= 11 is 0. The molecule has 2 unspecified atom stereocenters. The summed E-state index contributed by atoms with van der Waals surface area (Å²) in [6, 6.07) is 4.77. The first-order valence-electron chi connectivity index (χ1n) is 5.36. The summed E-state index contributed by atoms with van der Waals surface area (Å²) in [5, 5.41) is 31.9. The van der Waals surface area contributed by atoms with Crippen LogP contribution in [0.1, 0.15) is 23.7 Å². The topological polar surface area (TPSA) is 72.7 Å². The van der Waals surface area contributed by atoms with Crippen molar-refractivity contribution in [3.05, 3.63) is 29.3 Å². The minimum absolute atomic E-state index is 0.0977. The molecule has 0 aromatic heterocycles. The lowest BCUT2D eigenvalue weighted by Gasteiger charge is -2.20. The Bertz CT molecular complexity index is 341. The highest BCUT2D eigenvalue weighted by Gasteiger charge is 2.19. The lowest BCUT2D eigenvalue weighted by atomic mass is 9.97. The minimum Gasteiger partial charge on any atom is -0.508 e. The fourth-order valence-corrected chi connectivity index (χ4v) is 1.60. The molecule has 0 spiro atoms. The summed E-state index contributed by atoms with van der Waals surface area (Å²) < 4.78 is 0. The molecule has 0 aliphatic heterocycles. The molecule has 4 N–H and O–H groups in total. The molecule has 0 saturated carbocycles. The Morgan fingerprint density at radius 1 is 1.31 bits per heavy atom. The van der Waals surface area contributed by atoms with Crippen LogP contribution in [0.5, 0.6) is 5.75 Å². The summed E-state index contributed by atoms with van der Waals surface area (Å²) in [7, 11) is 1.79. The standard InChI is InChI=1S/C12H19NO3/c1-8-3-4-9(14)7-10(8)12(16)11(15)5-6-13-2/h3-4,7,11-16H,5-6H2,1-2H3. The van der Waals surface area contributed by atoms with Crippen molar-refractivity contribution < 1.29 is 15.3 Å². The predicted molar refractivity (Wildman–Crippen MR) is 62.4 cm³/mol. The van der Waals surface area contributed by atoms with Crippen molar-refractivity contribution in [2.45, 2.75) is 25.6 Å². The molecule has 0 aliphatic rings. The van der Waals surface area contributed by atoms with Crippen LogP contribution in [0.15, 0.2) is 18.2 Å². The summed E-state index contributed by atoms with van der Waals surface area (Å²) in [6.07, 6.45) is -1.32. The monoisotopic (exact) mass is 225 g/mol. The second-order valence-electron chi connectivity index (χ2n) is 3.95. The summed E-state index contributed by atoms with van der Waals surface area (Å²) in [6.45, 7) is 2.47. The Kier molecular flexibility index (Phi) is 4.73. The third kappa shape index (κ3) is 3.20. The first-order valence-corrected chi connectivity index (χ1v) is 5.36. The Morgan fingerprint density at radius 2 is 2.00 bits per heavy atom. The van der Waals surface area contributed by atoms with E-state index in [1.165, 1.54) is 6.07 Å². The van der Waals surface area contributed by atoms with E-state index in [1.54, 1.807) is 19.2 Å². The van der Waals surface area contributed by atoms with Crippen LogP contribution < -0.4 is 5.32 Å². The number of hydrogen-bond acceptors (Lipinski definition) is 4. The molecule has 0 heterocycles. The van der Waals surface area contributed by atoms with Crippen LogP contribution in [-0.4, -0.2) is 35.0 Å². The van der Waals surface area contributed by atoms with E-state index in [0.29, 0.717) is 18.5 Å². The zero-order valence-corrected chi connectivity index (χ0v) is 9.64. The molecular formula is C12H19NO3. The molecule has 1 aromatic carbocycles. The molecule has 0 fully saturated rings. The fourth-order valence-electron chi connectivity index (χ4n) is 1.60. The van der Waals surface area contributed by atoms with E-state index in [4.69, 9.17) is 0 Å². The molecule has 4 heteroatoms. The van der Waals surface area contributed by atoms with Gasteiger partial charge in [0.25, 0.3) is 0 Å². The maximum absolute atomic E-state index is 9.93. The Hall–Kier alpha value is -1.10. The quantitative estimate of drug-likeness (QED) is 0.595. The average Bonchev–Trinajstić information content (AvgIpc) is 2.28. The normalized spacial score (nSPS) is 14.8. The average molecular weight is 225 g/mol. The second kappa shape index (κ2) is 5.84. The van der Waals surface area contributed by atoms with Gasteiger partial charge in [-0.25, -0.2) is 0 Å². The molecule has 90 valence electrons. The van der Waals surface area contributed by atoms with Crippen LogP contribution in [0.2, 0.25) is 0 Å². The minimum atomic E-state index is -0.958. The van der Waals surface area contributed by atoms with Gasteiger partial charge in [-0.3, -0.25) is 0 Å². The van der Waals surface area contributed by atoms with Crippen molar-refractivity contribution in [3.8, 4) is 5.75 Å². The highest BCUT2D eigenvalue weighted by molar-refractivity contribution is 5.35. The smallest absolute Gasteiger partial charge is 0.115 e. The van der Waals surface area contributed by atoms with Gasteiger partial charge in [0.2, 0.25) is 0 Å². The van der Waals surface area contributed by atoms with Crippen molar-refractivity contribution in [2.75, 3.05) is 13.6 Å². The van der Waals surface area contributed by atoms with E-state index in [1.807, 2.05) is 6.92 Å². The lowest BCUT2D eigenvalue weighted by Crippen LogP contribution is -2.23. The van der Waals surface area contributed by atoms with Gasteiger partial charge < -0.3 is 20.6 Å². The predicted octanol–water partition coefficient (Wildman–Crippen LogP) is 0.704. The highest BCUT2D eigenvalue weighted by Crippen LogP contribution is 2.25. The summed E-state index contributed by atoms with van der Waals surface area (Å²) in [5.41, 5.74) is 1.43. The highest BCUT2D eigenvalue weighted by atomic mass is 16.3. The molecule has 1 aromatic rings. The molecule has 16 heavy (non-hydrogen) atoms. The van der Waals surface area contributed by atoms with E-state index < -0.39 is 12.2 Å². The molecule has 0 radical (unpaired) electrons. The largest absolute Gasteiger partial charge is 0.508 e. The Labute approximate surface area is 95.6 Å². The van der Waals surface area contributed by atoms with Crippen molar-refractivity contribution in [2.24, 2.45) is 0 Å². The Balaban J connectivity index is 2.78.